The maximum absolute atomic E-state index is 4.60. The molecular weight excluding hydrogens is 432 g/mol. The monoisotopic (exact) mass is 472 g/mol. The van der Waals surface area contributed by atoms with Crippen molar-refractivity contribution in [3.8, 4) is 0 Å². The van der Waals surface area contributed by atoms with Crippen LogP contribution < -0.4 is 0 Å². The molecule has 1 aromatic heterocycles. The Morgan fingerprint density at radius 3 is 2.11 bits per heavy atom. The molecule has 6 nitrogen and oxygen atoms in total. The van der Waals surface area contributed by atoms with E-state index in [4.69, 9.17) is 0 Å². The van der Waals surface area contributed by atoms with E-state index < -0.39 is 0 Å². The third-order valence-electron chi connectivity index (χ3n) is 6.64. The fourth-order valence-electron chi connectivity index (χ4n) is 5.43. The predicted molar refractivity (Wildman–Crippen MR) is 143 cm³/mol. The summed E-state index contributed by atoms with van der Waals surface area (Å²) >= 11 is 0. The normalized spacial score (nSPS) is 17.2. The second-order valence-corrected chi connectivity index (χ2v) is 11.5. The summed E-state index contributed by atoms with van der Waals surface area (Å²) in [6.45, 7) is 16.3. The van der Waals surface area contributed by atoms with Crippen LogP contribution in [0.15, 0.2) is 66.7 Å². The van der Waals surface area contributed by atoms with Gasteiger partial charge in [0.1, 0.15) is 0 Å². The number of hydrogen-bond donors (Lipinski definition) is 0. The molecule has 35 heavy (non-hydrogen) atoms. The Balaban J connectivity index is 1.51. The molecule has 0 aliphatic carbocycles. The van der Waals surface area contributed by atoms with Crippen LogP contribution in [0.5, 0.6) is 0 Å². The molecule has 1 atom stereocenters. The fraction of sp³-hybridized carbons (Fsp3) is 0.483. The number of tetrazole rings is 1. The molecular formula is C29H40N6. The highest BCUT2D eigenvalue weighted by molar-refractivity contribution is 5.48. The molecule has 0 bridgehead atoms. The van der Waals surface area contributed by atoms with Crippen LogP contribution in [0.1, 0.15) is 64.0 Å². The predicted octanol–water partition coefficient (Wildman–Crippen LogP) is 5.26. The third kappa shape index (κ3) is 6.65. The molecule has 0 spiro atoms. The standard InChI is InChI=1S/C29H40N6/c1-28(2,3)23-29(4,5)35-27(30-31-32-35)26(25-16-10-7-11-17-25)34-21-19-33(20-22-34)18-12-15-24-13-8-6-9-14-24/h6-17,26H,18-23H2,1-5H3/b15-12+. The van der Waals surface area contributed by atoms with Crippen LogP contribution in [0.25, 0.3) is 6.08 Å². The van der Waals surface area contributed by atoms with Crippen molar-refractivity contribution in [2.45, 2.75) is 52.6 Å². The van der Waals surface area contributed by atoms with Gasteiger partial charge in [-0.05, 0) is 47.2 Å². The molecule has 2 aromatic carbocycles. The minimum atomic E-state index is -0.186. The van der Waals surface area contributed by atoms with Gasteiger partial charge in [-0.15, -0.1) is 5.10 Å². The van der Waals surface area contributed by atoms with E-state index >= 15 is 0 Å². The van der Waals surface area contributed by atoms with E-state index in [-0.39, 0.29) is 17.0 Å². The van der Waals surface area contributed by atoms with Crippen LogP contribution in [-0.2, 0) is 5.54 Å². The molecule has 186 valence electrons. The van der Waals surface area contributed by atoms with Crippen molar-refractivity contribution in [2.75, 3.05) is 32.7 Å². The van der Waals surface area contributed by atoms with E-state index in [2.05, 4.69) is 137 Å². The SMILES string of the molecule is CC(C)(C)CC(C)(C)n1nnnc1C(c1ccccc1)N1CCN(C/C=C/c2ccccc2)CC1. The molecule has 0 saturated carbocycles. The van der Waals surface area contributed by atoms with Gasteiger partial charge in [-0.3, -0.25) is 9.80 Å². The molecule has 2 heterocycles. The number of piperazine rings is 1. The molecule has 1 aliphatic heterocycles. The van der Waals surface area contributed by atoms with Crippen LogP contribution in [-0.4, -0.2) is 62.7 Å². The Kier molecular flexibility index (Phi) is 7.82. The third-order valence-corrected chi connectivity index (χ3v) is 6.64. The summed E-state index contributed by atoms with van der Waals surface area (Å²) in [4.78, 5) is 5.06. The lowest BCUT2D eigenvalue weighted by Crippen LogP contribution is -2.48. The molecule has 4 rings (SSSR count). The largest absolute Gasteiger partial charge is 0.297 e. The van der Waals surface area contributed by atoms with Crippen molar-refractivity contribution in [1.29, 1.82) is 0 Å². The number of rotatable bonds is 8. The van der Waals surface area contributed by atoms with Gasteiger partial charge in [-0.2, -0.15) is 0 Å². The summed E-state index contributed by atoms with van der Waals surface area (Å²) in [5, 5.41) is 13.3. The van der Waals surface area contributed by atoms with Gasteiger partial charge >= 0.3 is 0 Å². The van der Waals surface area contributed by atoms with Crippen molar-refractivity contribution in [3.05, 3.63) is 83.7 Å². The van der Waals surface area contributed by atoms with Gasteiger partial charge in [0.05, 0.1) is 11.6 Å². The molecule has 6 heteroatoms. The summed E-state index contributed by atoms with van der Waals surface area (Å²) in [5.74, 6) is 0.933. The number of nitrogens with zero attached hydrogens (tertiary/aromatic N) is 6. The minimum absolute atomic E-state index is 0.0347. The maximum Gasteiger partial charge on any atom is 0.173 e. The fourth-order valence-corrected chi connectivity index (χ4v) is 5.43. The first kappa shape index (κ1) is 25.3. The van der Waals surface area contributed by atoms with Gasteiger partial charge < -0.3 is 0 Å². The molecule has 1 unspecified atom stereocenters. The molecule has 3 aromatic rings. The Hall–Kier alpha value is -2.83. The van der Waals surface area contributed by atoms with Crippen molar-refractivity contribution >= 4 is 6.08 Å². The van der Waals surface area contributed by atoms with Gasteiger partial charge in [0, 0.05) is 32.7 Å². The van der Waals surface area contributed by atoms with E-state index in [0.717, 1.165) is 45.0 Å². The summed E-state index contributed by atoms with van der Waals surface area (Å²) in [6, 6.07) is 21.2. The second kappa shape index (κ2) is 10.8. The first-order valence-corrected chi connectivity index (χ1v) is 12.7. The summed E-state index contributed by atoms with van der Waals surface area (Å²) in [7, 11) is 0. The topological polar surface area (TPSA) is 50.1 Å². The van der Waals surface area contributed by atoms with Crippen molar-refractivity contribution in [3.63, 3.8) is 0 Å². The Morgan fingerprint density at radius 2 is 1.49 bits per heavy atom. The molecule has 0 radical (unpaired) electrons. The van der Waals surface area contributed by atoms with E-state index in [1.165, 1.54) is 11.1 Å². The summed E-state index contributed by atoms with van der Waals surface area (Å²) in [6.07, 6.45) is 5.47. The van der Waals surface area contributed by atoms with E-state index in [9.17, 15) is 0 Å². The smallest absolute Gasteiger partial charge is 0.173 e. The second-order valence-electron chi connectivity index (χ2n) is 11.5. The minimum Gasteiger partial charge on any atom is -0.297 e. The zero-order chi connectivity index (χ0) is 24.9. The lowest BCUT2D eigenvalue weighted by Gasteiger charge is -2.40. The van der Waals surface area contributed by atoms with Crippen LogP contribution in [0.3, 0.4) is 0 Å². The van der Waals surface area contributed by atoms with Crippen LogP contribution in [0.4, 0.5) is 0 Å². The lowest BCUT2D eigenvalue weighted by molar-refractivity contribution is 0.106. The molecule has 0 amide bonds. The van der Waals surface area contributed by atoms with Crippen molar-refractivity contribution in [2.24, 2.45) is 5.41 Å². The van der Waals surface area contributed by atoms with Crippen LogP contribution in [0.2, 0.25) is 0 Å². The van der Waals surface area contributed by atoms with E-state index in [1.54, 1.807) is 0 Å². The Morgan fingerprint density at radius 1 is 0.857 bits per heavy atom. The molecule has 1 aliphatic rings. The highest BCUT2D eigenvalue weighted by Crippen LogP contribution is 2.35. The van der Waals surface area contributed by atoms with Crippen LogP contribution in [0, 0.1) is 5.41 Å². The molecule has 1 fully saturated rings. The number of aromatic nitrogens is 4. The average molecular weight is 473 g/mol. The maximum atomic E-state index is 4.60. The quantitative estimate of drug-likeness (QED) is 0.447. The first-order valence-electron chi connectivity index (χ1n) is 12.7. The Bertz CT molecular complexity index is 1070. The van der Waals surface area contributed by atoms with Crippen molar-refractivity contribution < 1.29 is 0 Å². The summed E-state index contributed by atoms with van der Waals surface area (Å²) in [5.41, 5.74) is 2.48. The van der Waals surface area contributed by atoms with Gasteiger partial charge in [0.25, 0.3) is 0 Å². The lowest BCUT2D eigenvalue weighted by atomic mass is 9.81. The number of benzene rings is 2. The highest BCUT2D eigenvalue weighted by atomic mass is 15.6. The van der Waals surface area contributed by atoms with Gasteiger partial charge in [-0.1, -0.05) is 93.6 Å². The highest BCUT2D eigenvalue weighted by Gasteiger charge is 2.36. The first-order chi connectivity index (χ1) is 16.7. The zero-order valence-corrected chi connectivity index (χ0v) is 21.9. The van der Waals surface area contributed by atoms with E-state index in [1.807, 2.05) is 0 Å². The molecule has 0 N–H and O–H groups in total. The zero-order valence-electron chi connectivity index (χ0n) is 21.9. The number of hydrogen-bond acceptors (Lipinski definition) is 5. The van der Waals surface area contributed by atoms with Crippen LogP contribution >= 0.6 is 0 Å². The molecule has 1 saturated heterocycles. The van der Waals surface area contributed by atoms with Gasteiger partial charge in [0.2, 0.25) is 0 Å². The summed E-state index contributed by atoms with van der Waals surface area (Å²) < 4.78 is 2.07. The van der Waals surface area contributed by atoms with E-state index in [0.29, 0.717) is 0 Å². The average Bonchev–Trinajstić information content (AvgIpc) is 3.31. The van der Waals surface area contributed by atoms with Crippen molar-refractivity contribution in [1.82, 2.24) is 30.0 Å². The van der Waals surface area contributed by atoms with Gasteiger partial charge in [-0.25, -0.2) is 4.68 Å². The Labute approximate surface area is 210 Å². The van der Waals surface area contributed by atoms with Gasteiger partial charge in [0.15, 0.2) is 5.82 Å².